The maximum atomic E-state index is 11.5. The van der Waals surface area contributed by atoms with Crippen LogP contribution in [0.3, 0.4) is 0 Å². The fourth-order valence-electron chi connectivity index (χ4n) is 1.65. The Bertz CT molecular complexity index is 334. The van der Waals surface area contributed by atoms with Gasteiger partial charge in [0, 0.05) is 18.5 Å². The van der Waals surface area contributed by atoms with Gasteiger partial charge in [-0.2, -0.15) is 0 Å². The maximum absolute atomic E-state index is 11.5. The van der Waals surface area contributed by atoms with Gasteiger partial charge in [-0.15, -0.1) is 0 Å². The number of hydrogen-bond acceptors (Lipinski definition) is 3. The highest BCUT2D eigenvalue weighted by Gasteiger charge is 2.40. The van der Waals surface area contributed by atoms with E-state index in [-0.39, 0.29) is 23.9 Å². The first-order valence-electron chi connectivity index (χ1n) is 5.25. The van der Waals surface area contributed by atoms with Gasteiger partial charge in [0.25, 0.3) is 0 Å². The van der Waals surface area contributed by atoms with Crippen LogP contribution >= 0.6 is 0 Å². The van der Waals surface area contributed by atoms with Crippen LogP contribution in [0.5, 0.6) is 0 Å². The van der Waals surface area contributed by atoms with Crippen molar-refractivity contribution in [1.29, 1.82) is 0 Å². The molecular weight excluding hydrogens is 192 g/mol. The molecule has 0 saturated heterocycles. The molecule has 1 aromatic rings. The van der Waals surface area contributed by atoms with Crippen LogP contribution in [-0.4, -0.2) is 18.0 Å². The van der Waals surface area contributed by atoms with E-state index in [0.29, 0.717) is 0 Å². The van der Waals surface area contributed by atoms with Crippen molar-refractivity contribution in [3.05, 3.63) is 24.2 Å². The predicted octanol–water partition coefficient (Wildman–Crippen LogP) is 0.674. The van der Waals surface area contributed by atoms with Gasteiger partial charge in [-0.05, 0) is 25.5 Å². The average Bonchev–Trinajstić information content (AvgIpc) is 2.70. The topological polar surface area (TPSA) is 68.3 Å². The van der Waals surface area contributed by atoms with Gasteiger partial charge in [-0.1, -0.05) is 0 Å². The molecule has 1 saturated carbocycles. The SMILES string of the molecule is CC(Cc1ccco1)NC(=O)C1CC1N. The molecule has 1 aliphatic carbocycles. The largest absolute Gasteiger partial charge is 0.469 e. The molecule has 1 heterocycles. The maximum Gasteiger partial charge on any atom is 0.224 e. The molecule has 3 atom stereocenters. The van der Waals surface area contributed by atoms with Crippen molar-refractivity contribution >= 4 is 5.91 Å². The minimum absolute atomic E-state index is 0.0315. The van der Waals surface area contributed by atoms with Crippen LogP contribution in [0.2, 0.25) is 0 Å². The molecule has 0 aromatic carbocycles. The lowest BCUT2D eigenvalue weighted by molar-refractivity contribution is -0.122. The third-order valence-electron chi connectivity index (χ3n) is 2.65. The number of furan rings is 1. The summed E-state index contributed by atoms with van der Waals surface area (Å²) in [4.78, 5) is 11.5. The first kappa shape index (κ1) is 10.2. The third kappa shape index (κ3) is 2.59. The lowest BCUT2D eigenvalue weighted by Gasteiger charge is -2.11. The molecule has 82 valence electrons. The van der Waals surface area contributed by atoms with Crippen LogP contribution in [0.1, 0.15) is 19.1 Å². The molecule has 4 nitrogen and oxygen atoms in total. The Morgan fingerprint density at radius 1 is 1.80 bits per heavy atom. The highest BCUT2D eigenvalue weighted by atomic mass is 16.3. The number of amides is 1. The fraction of sp³-hybridized carbons (Fsp3) is 0.545. The molecule has 0 aliphatic heterocycles. The summed E-state index contributed by atoms with van der Waals surface area (Å²) >= 11 is 0. The smallest absolute Gasteiger partial charge is 0.224 e. The number of carbonyl (C=O) groups excluding carboxylic acids is 1. The van der Waals surface area contributed by atoms with Crippen molar-refractivity contribution in [3.8, 4) is 0 Å². The van der Waals surface area contributed by atoms with Crippen LogP contribution in [0.15, 0.2) is 22.8 Å². The van der Waals surface area contributed by atoms with Crippen molar-refractivity contribution in [2.45, 2.75) is 31.8 Å². The molecule has 1 amide bonds. The third-order valence-corrected chi connectivity index (χ3v) is 2.65. The Hall–Kier alpha value is -1.29. The van der Waals surface area contributed by atoms with Crippen molar-refractivity contribution in [2.75, 3.05) is 0 Å². The molecule has 0 spiro atoms. The number of carbonyl (C=O) groups is 1. The van der Waals surface area contributed by atoms with E-state index in [2.05, 4.69) is 5.32 Å². The molecule has 0 bridgehead atoms. The quantitative estimate of drug-likeness (QED) is 0.764. The van der Waals surface area contributed by atoms with Gasteiger partial charge in [0.1, 0.15) is 5.76 Å². The predicted molar refractivity (Wildman–Crippen MR) is 56.1 cm³/mol. The molecule has 3 N–H and O–H groups in total. The van der Waals surface area contributed by atoms with Gasteiger partial charge in [0.2, 0.25) is 5.91 Å². The monoisotopic (exact) mass is 208 g/mol. The van der Waals surface area contributed by atoms with E-state index in [1.165, 1.54) is 0 Å². The molecule has 15 heavy (non-hydrogen) atoms. The summed E-state index contributed by atoms with van der Waals surface area (Å²) in [6.45, 7) is 1.97. The molecular formula is C11H16N2O2. The first-order chi connectivity index (χ1) is 7.16. The second kappa shape index (κ2) is 4.06. The van der Waals surface area contributed by atoms with E-state index < -0.39 is 0 Å². The Kier molecular flexibility index (Phi) is 2.77. The van der Waals surface area contributed by atoms with Crippen molar-refractivity contribution in [3.63, 3.8) is 0 Å². The fourth-order valence-corrected chi connectivity index (χ4v) is 1.65. The Balaban J connectivity index is 1.77. The standard InChI is InChI=1S/C11H16N2O2/c1-7(5-8-3-2-4-15-8)13-11(14)9-6-10(9)12/h2-4,7,9-10H,5-6,12H2,1H3,(H,13,14). The second-order valence-corrected chi connectivity index (χ2v) is 4.20. The van der Waals surface area contributed by atoms with E-state index in [4.69, 9.17) is 10.2 Å². The van der Waals surface area contributed by atoms with Crippen molar-refractivity contribution < 1.29 is 9.21 Å². The van der Waals surface area contributed by atoms with Crippen LogP contribution in [0.25, 0.3) is 0 Å². The van der Waals surface area contributed by atoms with Crippen LogP contribution in [-0.2, 0) is 11.2 Å². The highest BCUT2D eigenvalue weighted by Crippen LogP contribution is 2.27. The van der Waals surface area contributed by atoms with Gasteiger partial charge in [-0.3, -0.25) is 4.79 Å². The van der Waals surface area contributed by atoms with Crippen molar-refractivity contribution in [1.82, 2.24) is 5.32 Å². The van der Waals surface area contributed by atoms with E-state index in [9.17, 15) is 4.79 Å². The van der Waals surface area contributed by atoms with Crippen LogP contribution in [0, 0.1) is 5.92 Å². The normalized spacial score (nSPS) is 26.0. The molecule has 1 fully saturated rings. The summed E-state index contributed by atoms with van der Waals surface area (Å²) in [6.07, 6.45) is 3.18. The zero-order chi connectivity index (χ0) is 10.8. The summed E-state index contributed by atoms with van der Waals surface area (Å²) in [6, 6.07) is 3.92. The van der Waals surface area contributed by atoms with Gasteiger partial charge in [0.05, 0.1) is 12.2 Å². The van der Waals surface area contributed by atoms with E-state index >= 15 is 0 Å². The zero-order valence-electron chi connectivity index (χ0n) is 8.77. The lowest BCUT2D eigenvalue weighted by atomic mass is 10.2. The molecule has 2 rings (SSSR count). The average molecular weight is 208 g/mol. The molecule has 4 heteroatoms. The zero-order valence-corrected chi connectivity index (χ0v) is 8.77. The van der Waals surface area contributed by atoms with E-state index in [1.807, 2.05) is 19.1 Å². The summed E-state index contributed by atoms with van der Waals surface area (Å²) in [7, 11) is 0. The minimum atomic E-state index is 0.0315. The summed E-state index contributed by atoms with van der Waals surface area (Å²) < 4.78 is 5.21. The van der Waals surface area contributed by atoms with Crippen LogP contribution < -0.4 is 11.1 Å². The second-order valence-electron chi connectivity index (χ2n) is 4.20. The number of nitrogens with two attached hydrogens (primary N) is 1. The Morgan fingerprint density at radius 3 is 3.07 bits per heavy atom. The minimum Gasteiger partial charge on any atom is -0.469 e. The molecule has 3 unspecified atom stereocenters. The van der Waals surface area contributed by atoms with Gasteiger partial charge in [0.15, 0.2) is 0 Å². The summed E-state index contributed by atoms with van der Waals surface area (Å²) in [5.74, 6) is 0.994. The molecule has 1 aromatic heterocycles. The number of rotatable bonds is 4. The van der Waals surface area contributed by atoms with E-state index in [0.717, 1.165) is 18.6 Å². The Morgan fingerprint density at radius 2 is 2.53 bits per heavy atom. The first-order valence-corrected chi connectivity index (χ1v) is 5.25. The Labute approximate surface area is 88.8 Å². The molecule has 0 radical (unpaired) electrons. The van der Waals surface area contributed by atoms with Gasteiger partial charge >= 0.3 is 0 Å². The summed E-state index contributed by atoms with van der Waals surface area (Å²) in [5, 5.41) is 2.93. The van der Waals surface area contributed by atoms with E-state index in [1.54, 1.807) is 6.26 Å². The summed E-state index contributed by atoms with van der Waals surface area (Å²) in [5.41, 5.74) is 5.60. The highest BCUT2D eigenvalue weighted by molar-refractivity contribution is 5.82. The van der Waals surface area contributed by atoms with Gasteiger partial charge < -0.3 is 15.5 Å². The van der Waals surface area contributed by atoms with Gasteiger partial charge in [-0.25, -0.2) is 0 Å². The molecule has 1 aliphatic rings. The van der Waals surface area contributed by atoms with Crippen molar-refractivity contribution in [2.24, 2.45) is 11.7 Å². The van der Waals surface area contributed by atoms with Crippen LogP contribution in [0.4, 0.5) is 0 Å². The lowest BCUT2D eigenvalue weighted by Crippen LogP contribution is -2.36. The number of nitrogens with one attached hydrogen (secondary N) is 1. The number of hydrogen-bond donors (Lipinski definition) is 2.